The van der Waals surface area contributed by atoms with Crippen LogP contribution in [0.15, 0.2) is 54.6 Å². The number of amides is 3. The molecule has 3 amide bonds. The van der Waals surface area contributed by atoms with E-state index >= 15 is 0 Å². The molecule has 3 aliphatic heterocycles. The molecule has 2 aromatic carbocycles. The largest absolute Gasteiger partial charge is 0.359 e. The second kappa shape index (κ2) is 10.1. The van der Waals surface area contributed by atoms with E-state index in [0.717, 1.165) is 42.4 Å². The number of nitrogens with zero attached hydrogens (tertiary/aromatic N) is 1. The summed E-state index contributed by atoms with van der Waals surface area (Å²) < 4.78 is 6.46. The number of hydrogen-bond donors (Lipinski definition) is 2. The van der Waals surface area contributed by atoms with Crippen LogP contribution in [0.25, 0.3) is 0 Å². The topological polar surface area (TPSA) is 87.7 Å². The van der Waals surface area contributed by atoms with Crippen molar-refractivity contribution in [3.63, 3.8) is 0 Å². The van der Waals surface area contributed by atoms with Crippen molar-refractivity contribution in [3.8, 4) is 0 Å². The van der Waals surface area contributed by atoms with Gasteiger partial charge >= 0.3 is 0 Å². The van der Waals surface area contributed by atoms with Crippen LogP contribution in [0.2, 0.25) is 5.02 Å². The third-order valence-corrected chi connectivity index (χ3v) is 9.32. The highest BCUT2D eigenvalue weighted by molar-refractivity contribution is 6.31. The van der Waals surface area contributed by atoms with E-state index < -0.39 is 29.6 Å². The minimum Gasteiger partial charge on any atom is -0.359 e. The number of rotatable bonds is 6. The molecule has 3 fully saturated rings. The minimum absolute atomic E-state index is 0.0745. The Morgan fingerprint density at radius 3 is 2.56 bits per heavy atom. The molecule has 7 nitrogen and oxygen atoms in total. The molecule has 0 unspecified atom stereocenters. The van der Waals surface area contributed by atoms with E-state index in [1.54, 1.807) is 11.0 Å². The molecule has 204 valence electrons. The Morgan fingerprint density at radius 2 is 1.82 bits per heavy atom. The van der Waals surface area contributed by atoms with Gasteiger partial charge in [0, 0.05) is 23.3 Å². The van der Waals surface area contributed by atoms with Crippen molar-refractivity contribution in [2.75, 3.05) is 5.32 Å². The molecule has 39 heavy (non-hydrogen) atoms. The molecule has 2 saturated heterocycles. The summed E-state index contributed by atoms with van der Waals surface area (Å²) in [4.78, 5) is 43.4. The SMILES string of the molecule is Cc1ccc(NC(=O)[C@@H]2[C@@H]3C=C[C@]4(O3)[C@@H]2C(=O)N(Cc2ccccc2Cl)[C@H]4C(=O)NC2CCCCC2)cc1C. The fourth-order valence-electron chi connectivity index (χ4n) is 6.82. The molecule has 3 heterocycles. The van der Waals surface area contributed by atoms with E-state index in [1.807, 2.05) is 62.4 Å². The van der Waals surface area contributed by atoms with Gasteiger partial charge < -0.3 is 20.3 Å². The molecule has 8 heteroatoms. The summed E-state index contributed by atoms with van der Waals surface area (Å²) in [6, 6.07) is 12.2. The molecule has 2 aromatic rings. The van der Waals surface area contributed by atoms with Gasteiger partial charge in [0.25, 0.3) is 0 Å². The maximum atomic E-state index is 14.2. The zero-order valence-corrected chi connectivity index (χ0v) is 23.0. The Kier molecular flexibility index (Phi) is 6.76. The van der Waals surface area contributed by atoms with Crippen LogP contribution in [0.5, 0.6) is 0 Å². The van der Waals surface area contributed by atoms with Crippen molar-refractivity contribution in [2.45, 2.75) is 76.3 Å². The number of benzene rings is 2. The Hall–Kier alpha value is -3.16. The van der Waals surface area contributed by atoms with Gasteiger partial charge in [-0.1, -0.05) is 67.3 Å². The maximum absolute atomic E-state index is 14.2. The van der Waals surface area contributed by atoms with E-state index in [1.165, 1.54) is 6.42 Å². The predicted octanol–water partition coefficient (Wildman–Crippen LogP) is 4.70. The zero-order chi connectivity index (χ0) is 27.3. The third kappa shape index (κ3) is 4.45. The van der Waals surface area contributed by atoms with Crippen LogP contribution in [0.4, 0.5) is 5.69 Å². The fourth-order valence-corrected chi connectivity index (χ4v) is 7.02. The predicted molar refractivity (Wildman–Crippen MR) is 149 cm³/mol. The van der Waals surface area contributed by atoms with Gasteiger partial charge in [-0.3, -0.25) is 14.4 Å². The fraction of sp³-hybridized carbons (Fsp3) is 0.452. The molecule has 1 spiro atoms. The van der Waals surface area contributed by atoms with E-state index in [2.05, 4.69) is 10.6 Å². The number of aryl methyl sites for hydroxylation is 2. The summed E-state index contributed by atoms with van der Waals surface area (Å²) in [5, 5.41) is 6.75. The first kappa shape index (κ1) is 26.1. The van der Waals surface area contributed by atoms with Crippen LogP contribution in [0, 0.1) is 25.7 Å². The summed E-state index contributed by atoms with van der Waals surface area (Å²) in [5.74, 6) is -2.32. The van der Waals surface area contributed by atoms with Crippen molar-refractivity contribution in [2.24, 2.45) is 11.8 Å². The molecule has 5 atom stereocenters. The van der Waals surface area contributed by atoms with Crippen LogP contribution in [0.3, 0.4) is 0 Å². The first-order valence-corrected chi connectivity index (χ1v) is 14.3. The van der Waals surface area contributed by atoms with Gasteiger partial charge in [-0.25, -0.2) is 0 Å². The normalized spacial score (nSPS) is 29.5. The second-order valence-corrected chi connectivity index (χ2v) is 11.8. The first-order valence-electron chi connectivity index (χ1n) is 13.9. The molecule has 2 bridgehead atoms. The summed E-state index contributed by atoms with van der Waals surface area (Å²) in [5.41, 5.74) is 2.41. The summed E-state index contributed by atoms with van der Waals surface area (Å²) >= 11 is 6.48. The number of carbonyl (C=O) groups is 3. The molecule has 0 radical (unpaired) electrons. The number of nitrogens with one attached hydrogen (secondary N) is 2. The van der Waals surface area contributed by atoms with Gasteiger partial charge in [-0.15, -0.1) is 0 Å². The van der Waals surface area contributed by atoms with Crippen molar-refractivity contribution >= 4 is 35.0 Å². The van der Waals surface area contributed by atoms with Gasteiger partial charge in [0.15, 0.2) is 0 Å². The lowest BCUT2D eigenvalue weighted by molar-refractivity contribution is -0.142. The van der Waals surface area contributed by atoms with Crippen LogP contribution in [-0.2, 0) is 25.7 Å². The Morgan fingerprint density at radius 1 is 1.05 bits per heavy atom. The van der Waals surface area contributed by atoms with Crippen molar-refractivity contribution in [3.05, 3.63) is 76.3 Å². The highest BCUT2D eigenvalue weighted by atomic mass is 35.5. The number of halogens is 1. The van der Waals surface area contributed by atoms with Gasteiger partial charge in [0.05, 0.1) is 17.9 Å². The molecular weight excluding hydrogens is 514 g/mol. The van der Waals surface area contributed by atoms with Crippen molar-refractivity contribution in [1.29, 1.82) is 0 Å². The average Bonchev–Trinajstić information content (AvgIpc) is 3.56. The van der Waals surface area contributed by atoms with E-state index in [9.17, 15) is 14.4 Å². The lowest BCUT2D eigenvalue weighted by Crippen LogP contribution is -2.56. The molecule has 6 rings (SSSR count). The van der Waals surface area contributed by atoms with Gasteiger partial charge in [0.1, 0.15) is 11.6 Å². The summed E-state index contributed by atoms with van der Waals surface area (Å²) in [6.45, 7) is 4.17. The van der Waals surface area contributed by atoms with Gasteiger partial charge in [-0.2, -0.15) is 0 Å². The monoisotopic (exact) mass is 547 g/mol. The van der Waals surface area contributed by atoms with E-state index in [0.29, 0.717) is 10.7 Å². The molecule has 0 aromatic heterocycles. The van der Waals surface area contributed by atoms with Crippen molar-refractivity contribution in [1.82, 2.24) is 10.2 Å². The summed E-state index contributed by atoms with van der Waals surface area (Å²) in [7, 11) is 0. The Balaban J connectivity index is 1.33. The number of anilines is 1. The standard InChI is InChI=1S/C31H34ClN3O4/c1-18-12-13-22(16-19(18)2)34-28(36)25-24-14-15-31(39-24)26(25)30(38)35(17-20-8-6-7-11-23(20)32)27(31)29(37)33-21-9-4-3-5-10-21/h6-8,11-16,21,24-27H,3-5,9-10,17H2,1-2H3,(H,33,37)(H,34,36)/t24-,25+,26-,27-,31-/m0/s1. The highest BCUT2D eigenvalue weighted by Crippen LogP contribution is 2.55. The smallest absolute Gasteiger partial charge is 0.246 e. The van der Waals surface area contributed by atoms with Crippen LogP contribution in [0.1, 0.15) is 48.8 Å². The van der Waals surface area contributed by atoms with E-state index in [-0.39, 0.29) is 30.3 Å². The quantitative estimate of drug-likeness (QED) is 0.513. The average molecular weight is 548 g/mol. The first-order chi connectivity index (χ1) is 18.8. The minimum atomic E-state index is -1.20. The maximum Gasteiger partial charge on any atom is 0.246 e. The van der Waals surface area contributed by atoms with Gasteiger partial charge in [0.2, 0.25) is 17.7 Å². The number of carbonyl (C=O) groups excluding carboxylic acids is 3. The number of ether oxygens (including phenoxy) is 1. The summed E-state index contributed by atoms with van der Waals surface area (Å²) in [6.07, 6.45) is 8.28. The lowest BCUT2D eigenvalue weighted by atomic mass is 9.74. The highest BCUT2D eigenvalue weighted by Gasteiger charge is 2.72. The molecule has 1 aliphatic carbocycles. The Labute approximate surface area is 233 Å². The number of hydrogen-bond acceptors (Lipinski definition) is 4. The third-order valence-electron chi connectivity index (χ3n) is 8.95. The van der Waals surface area contributed by atoms with Crippen LogP contribution < -0.4 is 10.6 Å². The van der Waals surface area contributed by atoms with Gasteiger partial charge in [-0.05, 0) is 61.6 Å². The number of fused-ring (bicyclic) bond motifs is 1. The molecular formula is C31H34ClN3O4. The molecule has 1 saturated carbocycles. The zero-order valence-electron chi connectivity index (χ0n) is 22.3. The second-order valence-electron chi connectivity index (χ2n) is 11.4. The lowest BCUT2D eigenvalue weighted by Gasteiger charge is -2.34. The molecule has 4 aliphatic rings. The Bertz CT molecular complexity index is 1350. The molecule has 2 N–H and O–H groups in total. The van der Waals surface area contributed by atoms with Crippen molar-refractivity contribution < 1.29 is 19.1 Å². The number of likely N-dealkylation sites (tertiary alicyclic amines) is 1. The van der Waals surface area contributed by atoms with Crippen LogP contribution >= 0.6 is 11.6 Å². The van der Waals surface area contributed by atoms with E-state index in [4.69, 9.17) is 16.3 Å². The van der Waals surface area contributed by atoms with Crippen LogP contribution in [-0.4, -0.2) is 46.4 Å².